The fourth-order valence-corrected chi connectivity index (χ4v) is 4.58. The lowest BCUT2D eigenvalue weighted by atomic mass is 10.2. The van der Waals surface area contributed by atoms with Gasteiger partial charge >= 0.3 is 0 Å². The van der Waals surface area contributed by atoms with Gasteiger partial charge in [-0.25, -0.2) is 13.4 Å². The monoisotopic (exact) mass is 376 g/mol. The topological polar surface area (TPSA) is 109 Å². The highest BCUT2D eigenvalue weighted by molar-refractivity contribution is 7.91. The highest BCUT2D eigenvalue weighted by Gasteiger charge is 2.29. The van der Waals surface area contributed by atoms with Crippen molar-refractivity contribution in [3.05, 3.63) is 36.2 Å². The van der Waals surface area contributed by atoms with Gasteiger partial charge in [0, 0.05) is 12.6 Å². The summed E-state index contributed by atoms with van der Waals surface area (Å²) in [5, 5.41) is 2.69. The Morgan fingerprint density at radius 3 is 2.65 bits per heavy atom. The number of nitrogens with zero attached hydrogens (tertiary/aromatic N) is 3. The summed E-state index contributed by atoms with van der Waals surface area (Å²) in [7, 11) is -3.07. The van der Waals surface area contributed by atoms with Gasteiger partial charge in [0.25, 0.3) is 5.91 Å². The van der Waals surface area contributed by atoms with Crippen LogP contribution in [0, 0.1) is 0 Å². The molecular formula is C17H20N4O4S. The molecule has 0 saturated carbocycles. The van der Waals surface area contributed by atoms with E-state index in [0.29, 0.717) is 24.0 Å². The second kappa shape index (κ2) is 7.36. The Kier molecular flexibility index (Phi) is 5.17. The van der Waals surface area contributed by atoms with Gasteiger partial charge in [-0.3, -0.25) is 14.6 Å². The van der Waals surface area contributed by atoms with Crippen LogP contribution in [-0.2, 0) is 14.6 Å². The Morgan fingerprint density at radius 1 is 1.27 bits per heavy atom. The van der Waals surface area contributed by atoms with E-state index in [1.165, 1.54) is 11.1 Å². The smallest absolute Gasteiger partial charge is 0.274 e. The molecule has 1 saturated heterocycles. The van der Waals surface area contributed by atoms with E-state index in [-0.39, 0.29) is 41.6 Å². The first-order chi connectivity index (χ1) is 12.4. The third-order valence-electron chi connectivity index (χ3n) is 4.27. The summed E-state index contributed by atoms with van der Waals surface area (Å²) in [5.74, 6) is -0.730. The highest BCUT2D eigenvalue weighted by atomic mass is 32.2. The van der Waals surface area contributed by atoms with Crippen LogP contribution in [0.4, 0.5) is 0 Å². The summed E-state index contributed by atoms with van der Waals surface area (Å²) >= 11 is 0. The third-order valence-corrected chi connectivity index (χ3v) is 6.04. The number of hydrogen-bond donors (Lipinski definition) is 1. The number of nitrogens with one attached hydrogen (secondary N) is 1. The molecule has 0 unspecified atom stereocenters. The Labute approximate surface area is 151 Å². The van der Waals surface area contributed by atoms with Crippen molar-refractivity contribution in [3.63, 3.8) is 0 Å². The van der Waals surface area contributed by atoms with Crippen molar-refractivity contribution in [2.45, 2.75) is 19.4 Å². The number of para-hydroxylation sites is 2. The van der Waals surface area contributed by atoms with Gasteiger partial charge in [-0.15, -0.1) is 0 Å². The molecule has 2 aromatic rings. The van der Waals surface area contributed by atoms with E-state index in [0.717, 1.165) is 0 Å². The molecule has 26 heavy (non-hydrogen) atoms. The molecule has 0 spiro atoms. The molecule has 1 N–H and O–H groups in total. The fraction of sp³-hybridized carbons (Fsp3) is 0.412. The van der Waals surface area contributed by atoms with E-state index in [1.807, 2.05) is 12.1 Å². The number of hydrogen-bond acceptors (Lipinski definition) is 6. The zero-order valence-electron chi connectivity index (χ0n) is 14.4. The van der Waals surface area contributed by atoms with Crippen LogP contribution in [-0.4, -0.2) is 65.7 Å². The standard InChI is InChI=1S/C17H20N4O4S/c1-2-21(10-16(22)19-12-7-8-26(24,25)11-12)17(23)15-9-18-13-5-3-4-6-14(13)20-15/h3-6,9,12H,2,7-8,10-11H2,1H3,(H,19,22)/t12-/m1/s1. The summed E-state index contributed by atoms with van der Waals surface area (Å²) in [6.45, 7) is 1.93. The first-order valence-electron chi connectivity index (χ1n) is 8.39. The number of rotatable bonds is 5. The maximum Gasteiger partial charge on any atom is 0.274 e. The van der Waals surface area contributed by atoms with Crippen molar-refractivity contribution in [3.8, 4) is 0 Å². The minimum atomic E-state index is -3.07. The highest BCUT2D eigenvalue weighted by Crippen LogP contribution is 2.12. The largest absolute Gasteiger partial charge is 0.351 e. The summed E-state index contributed by atoms with van der Waals surface area (Å²) in [4.78, 5) is 34.7. The Balaban J connectivity index is 1.67. The molecule has 1 aromatic carbocycles. The van der Waals surface area contributed by atoms with E-state index in [9.17, 15) is 18.0 Å². The number of fused-ring (bicyclic) bond motifs is 1. The predicted molar refractivity (Wildman–Crippen MR) is 96.3 cm³/mol. The van der Waals surface area contributed by atoms with Crippen molar-refractivity contribution in [2.75, 3.05) is 24.6 Å². The molecule has 0 aliphatic carbocycles. The third kappa shape index (κ3) is 4.16. The van der Waals surface area contributed by atoms with Gasteiger partial charge in [0.05, 0.1) is 35.3 Å². The van der Waals surface area contributed by atoms with E-state index in [1.54, 1.807) is 19.1 Å². The lowest BCUT2D eigenvalue weighted by Gasteiger charge is -2.21. The molecule has 1 fully saturated rings. The molecule has 2 heterocycles. The zero-order valence-corrected chi connectivity index (χ0v) is 15.2. The average molecular weight is 376 g/mol. The van der Waals surface area contributed by atoms with Crippen LogP contribution in [0.5, 0.6) is 0 Å². The van der Waals surface area contributed by atoms with Crippen molar-refractivity contribution < 1.29 is 18.0 Å². The maximum atomic E-state index is 12.6. The molecule has 2 amide bonds. The number of amides is 2. The first kappa shape index (κ1) is 18.2. The Morgan fingerprint density at radius 2 is 2.00 bits per heavy atom. The molecule has 0 radical (unpaired) electrons. The van der Waals surface area contributed by atoms with Gasteiger partial charge in [0.2, 0.25) is 5.91 Å². The number of benzene rings is 1. The van der Waals surface area contributed by atoms with Crippen molar-refractivity contribution in [2.24, 2.45) is 0 Å². The molecule has 8 nitrogen and oxygen atoms in total. The number of likely N-dealkylation sites (N-methyl/N-ethyl adjacent to an activating group) is 1. The van der Waals surface area contributed by atoms with Gasteiger partial charge in [-0.1, -0.05) is 12.1 Å². The summed E-state index contributed by atoms with van der Waals surface area (Å²) in [6.07, 6.45) is 1.80. The molecular weight excluding hydrogens is 356 g/mol. The molecule has 3 rings (SSSR count). The second-order valence-electron chi connectivity index (χ2n) is 6.23. The number of carbonyl (C=O) groups is 2. The molecule has 1 atom stereocenters. The number of sulfone groups is 1. The minimum Gasteiger partial charge on any atom is -0.351 e. The molecule has 9 heteroatoms. The van der Waals surface area contributed by atoms with Crippen molar-refractivity contribution in [1.82, 2.24) is 20.2 Å². The second-order valence-corrected chi connectivity index (χ2v) is 8.46. The van der Waals surface area contributed by atoms with Crippen LogP contribution in [0.25, 0.3) is 11.0 Å². The first-order valence-corrected chi connectivity index (χ1v) is 10.2. The van der Waals surface area contributed by atoms with Gasteiger partial charge in [-0.2, -0.15) is 0 Å². The lowest BCUT2D eigenvalue weighted by molar-refractivity contribution is -0.122. The summed E-state index contributed by atoms with van der Waals surface area (Å²) < 4.78 is 22.9. The van der Waals surface area contributed by atoms with E-state index in [4.69, 9.17) is 0 Å². The maximum absolute atomic E-state index is 12.6. The van der Waals surface area contributed by atoms with Crippen LogP contribution >= 0.6 is 0 Å². The van der Waals surface area contributed by atoms with Crippen LogP contribution in [0.2, 0.25) is 0 Å². The lowest BCUT2D eigenvalue weighted by Crippen LogP contribution is -2.44. The van der Waals surface area contributed by atoms with E-state index >= 15 is 0 Å². The van der Waals surface area contributed by atoms with Crippen molar-refractivity contribution >= 4 is 32.7 Å². The number of aromatic nitrogens is 2. The van der Waals surface area contributed by atoms with Gasteiger partial charge in [0.15, 0.2) is 9.84 Å². The molecule has 1 aliphatic rings. The molecule has 1 aromatic heterocycles. The normalized spacial score (nSPS) is 18.6. The minimum absolute atomic E-state index is 0.0467. The van der Waals surface area contributed by atoms with E-state index in [2.05, 4.69) is 15.3 Å². The summed E-state index contributed by atoms with van der Waals surface area (Å²) in [6, 6.07) is 6.83. The van der Waals surface area contributed by atoms with Crippen LogP contribution in [0.3, 0.4) is 0 Å². The Hall–Kier alpha value is -2.55. The predicted octanol–water partition coefficient (Wildman–Crippen LogP) is 0.395. The van der Waals surface area contributed by atoms with Gasteiger partial charge < -0.3 is 10.2 Å². The van der Waals surface area contributed by atoms with Gasteiger partial charge in [-0.05, 0) is 25.5 Å². The molecule has 138 valence electrons. The SMILES string of the molecule is CCN(CC(=O)N[C@@H]1CCS(=O)(=O)C1)C(=O)c1cnc2ccccc2n1. The van der Waals surface area contributed by atoms with Gasteiger partial charge in [0.1, 0.15) is 5.69 Å². The fourth-order valence-electron chi connectivity index (χ4n) is 2.90. The Bertz CT molecular complexity index is 945. The number of carbonyl (C=O) groups excluding carboxylic acids is 2. The van der Waals surface area contributed by atoms with Crippen LogP contribution < -0.4 is 5.32 Å². The van der Waals surface area contributed by atoms with Crippen LogP contribution in [0.1, 0.15) is 23.8 Å². The van der Waals surface area contributed by atoms with E-state index < -0.39 is 9.84 Å². The average Bonchev–Trinajstić information content (AvgIpc) is 2.97. The summed E-state index contributed by atoms with van der Waals surface area (Å²) in [5.41, 5.74) is 1.46. The quantitative estimate of drug-likeness (QED) is 0.809. The molecule has 1 aliphatic heterocycles. The van der Waals surface area contributed by atoms with Crippen molar-refractivity contribution in [1.29, 1.82) is 0 Å². The zero-order chi connectivity index (χ0) is 18.7. The van der Waals surface area contributed by atoms with Crippen LogP contribution in [0.15, 0.2) is 30.5 Å². The molecule has 0 bridgehead atoms.